The molecule has 0 atom stereocenters. The van der Waals surface area contributed by atoms with Gasteiger partial charge in [-0.1, -0.05) is 32.8 Å². The SMILES string of the molecule is CCC1(CC)CC(C#N)(S(=O)(=O)c2cccc(OC)c2)C1. The first-order valence-corrected chi connectivity index (χ1v) is 8.67. The lowest BCUT2D eigenvalue weighted by Crippen LogP contribution is -2.55. The number of benzene rings is 1. The average molecular weight is 307 g/mol. The van der Waals surface area contributed by atoms with Crippen molar-refractivity contribution in [1.29, 1.82) is 5.26 Å². The predicted molar refractivity (Wildman–Crippen MR) is 80.8 cm³/mol. The minimum Gasteiger partial charge on any atom is -0.497 e. The third kappa shape index (κ3) is 2.32. The zero-order valence-corrected chi connectivity index (χ0v) is 13.5. The number of nitrogens with zero attached hydrogens (tertiary/aromatic N) is 1. The summed E-state index contributed by atoms with van der Waals surface area (Å²) in [7, 11) is -2.18. The zero-order valence-electron chi connectivity index (χ0n) is 12.7. The maximum atomic E-state index is 12.9. The Morgan fingerprint density at radius 2 is 1.90 bits per heavy atom. The molecule has 114 valence electrons. The predicted octanol–water partition coefficient (Wildman–Crippen LogP) is 3.33. The highest BCUT2D eigenvalue weighted by molar-refractivity contribution is 7.93. The largest absolute Gasteiger partial charge is 0.497 e. The lowest BCUT2D eigenvalue weighted by Gasteiger charge is -2.51. The molecular formula is C16H21NO3S. The number of nitriles is 1. The molecule has 2 rings (SSSR count). The highest BCUT2D eigenvalue weighted by atomic mass is 32.2. The van der Waals surface area contributed by atoms with E-state index in [1.165, 1.54) is 19.2 Å². The minimum atomic E-state index is -3.68. The third-order valence-electron chi connectivity index (χ3n) is 4.89. The molecule has 4 nitrogen and oxygen atoms in total. The Labute approximate surface area is 126 Å². The Bertz CT molecular complexity index is 661. The minimum absolute atomic E-state index is 0.0122. The molecule has 0 spiro atoms. The number of hydrogen-bond donors (Lipinski definition) is 0. The van der Waals surface area contributed by atoms with E-state index in [0.29, 0.717) is 18.6 Å². The van der Waals surface area contributed by atoms with Gasteiger partial charge in [-0.15, -0.1) is 0 Å². The van der Waals surface area contributed by atoms with Gasteiger partial charge in [0.1, 0.15) is 5.75 Å². The van der Waals surface area contributed by atoms with Crippen molar-refractivity contribution in [2.45, 2.75) is 49.2 Å². The van der Waals surface area contributed by atoms with Gasteiger partial charge in [-0.3, -0.25) is 0 Å². The van der Waals surface area contributed by atoms with Crippen LogP contribution in [0.5, 0.6) is 5.75 Å². The Morgan fingerprint density at radius 1 is 1.29 bits per heavy atom. The van der Waals surface area contributed by atoms with E-state index in [0.717, 1.165) is 12.8 Å². The topological polar surface area (TPSA) is 67.2 Å². The van der Waals surface area contributed by atoms with E-state index in [2.05, 4.69) is 19.9 Å². The van der Waals surface area contributed by atoms with Crippen molar-refractivity contribution in [1.82, 2.24) is 0 Å². The van der Waals surface area contributed by atoms with Crippen LogP contribution in [0.1, 0.15) is 39.5 Å². The van der Waals surface area contributed by atoms with Crippen LogP contribution in [-0.4, -0.2) is 20.3 Å². The molecule has 1 aliphatic carbocycles. The molecule has 1 saturated carbocycles. The standard InChI is InChI=1S/C16H21NO3S/c1-4-15(5-2)10-16(11-15,12-17)21(18,19)14-8-6-7-13(9-14)20-3/h6-9H,4-5,10-11H2,1-3H3. The van der Waals surface area contributed by atoms with Gasteiger partial charge >= 0.3 is 0 Å². The third-order valence-corrected chi connectivity index (χ3v) is 7.17. The summed E-state index contributed by atoms with van der Waals surface area (Å²) in [6, 6.07) is 8.45. The van der Waals surface area contributed by atoms with E-state index in [1.807, 2.05) is 0 Å². The van der Waals surface area contributed by atoms with Crippen molar-refractivity contribution in [3.05, 3.63) is 24.3 Å². The van der Waals surface area contributed by atoms with Gasteiger partial charge in [0.25, 0.3) is 0 Å². The maximum absolute atomic E-state index is 12.9. The van der Waals surface area contributed by atoms with Crippen molar-refractivity contribution in [2.75, 3.05) is 7.11 Å². The molecule has 5 heteroatoms. The van der Waals surface area contributed by atoms with Crippen LogP contribution >= 0.6 is 0 Å². The fraction of sp³-hybridized carbons (Fsp3) is 0.562. The second kappa shape index (κ2) is 5.34. The first kappa shape index (κ1) is 15.8. The summed E-state index contributed by atoms with van der Waals surface area (Å²) < 4.78 is 29.6. The van der Waals surface area contributed by atoms with Gasteiger partial charge in [0.15, 0.2) is 14.6 Å². The van der Waals surface area contributed by atoms with E-state index in [4.69, 9.17) is 4.74 Å². The first-order chi connectivity index (χ1) is 9.88. The first-order valence-electron chi connectivity index (χ1n) is 7.18. The Kier molecular flexibility index (Phi) is 4.03. The van der Waals surface area contributed by atoms with Gasteiger partial charge in [0.2, 0.25) is 0 Å². The quantitative estimate of drug-likeness (QED) is 0.836. The molecule has 21 heavy (non-hydrogen) atoms. The van der Waals surface area contributed by atoms with E-state index < -0.39 is 14.6 Å². The average Bonchev–Trinajstić information content (AvgIpc) is 2.48. The van der Waals surface area contributed by atoms with E-state index in [9.17, 15) is 13.7 Å². The summed E-state index contributed by atoms with van der Waals surface area (Å²) in [4.78, 5) is 0.171. The highest BCUT2D eigenvalue weighted by Crippen LogP contribution is 2.57. The van der Waals surface area contributed by atoms with Crippen LogP contribution in [0.4, 0.5) is 0 Å². The lowest BCUT2D eigenvalue weighted by atomic mass is 9.59. The van der Waals surface area contributed by atoms with Gasteiger partial charge in [0.05, 0.1) is 18.1 Å². The number of rotatable bonds is 5. The molecule has 0 unspecified atom stereocenters. The Balaban J connectivity index is 2.41. The van der Waals surface area contributed by atoms with Gasteiger partial charge in [0, 0.05) is 0 Å². The fourth-order valence-electron chi connectivity index (χ4n) is 3.23. The molecule has 1 aliphatic rings. The van der Waals surface area contributed by atoms with Gasteiger partial charge in [-0.2, -0.15) is 5.26 Å². The summed E-state index contributed by atoms with van der Waals surface area (Å²) in [6.45, 7) is 4.12. The molecule has 0 bridgehead atoms. The summed E-state index contributed by atoms with van der Waals surface area (Å²) in [5, 5.41) is 9.52. The van der Waals surface area contributed by atoms with Crippen LogP contribution in [0.3, 0.4) is 0 Å². The molecular weight excluding hydrogens is 286 g/mol. The molecule has 0 radical (unpaired) electrons. The molecule has 1 fully saturated rings. The van der Waals surface area contributed by atoms with Crippen molar-refractivity contribution < 1.29 is 13.2 Å². The summed E-state index contributed by atoms with van der Waals surface area (Å²) in [6.07, 6.45) is 2.65. The second-order valence-corrected chi connectivity index (χ2v) is 8.11. The lowest BCUT2D eigenvalue weighted by molar-refractivity contribution is 0.0926. The smallest absolute Gasteiger partial charge is 0.197 e. The number of methoxy groups -OCH3 is 1. The molecule has 0 aliphatic heterocycles. The van der Waals surface area contributed by atoms with Crippen LogP contribution in [0, 0.1) is 16.7 Å². The normalized spacial score (nSPS) is 19.3. The molecule has 1 aromatic rings. The van der Waals surface area contributed by atoms with Crippen molar-refractivity contribution in [2.24, 2.45) is 5.41 Å². The highest BCUT2D eigenvalue weighted by Gasteiger charge is 2.61. The van der Waals surface area contributed by atoms with Crippen molar-refractivity contribution in [3.63, 3.8) is 0 Å². The van der Waals surface area contributed by atoms with E-state index in [-0.39, 0.29) is 10.3 Å². The summed E-state index contributed by atoms with van der Waals surface area (Å²) in [5.41, 5.74) is -0.0122. The summed E-state index contributed by atoms with van der Waals surface area (Å²) in [5.74, 6) is 0.487. The molecule has 0 aromatic heterocycles. The Hall–Kier alpha value is -1.54. The molecule has 0 N–H and O–H groups in total. The van der Waals surface area contributed by atoms with Gasteiger partial charge in [-0.05, 0) is 36.5 Å². The number of hydrogen-bond acceptors (Lipinski definition) is 4. The van der Waals surface area contributed by atoms with E-state index in [1.54, 1.807) is 12.1 Å². The molecule has 0 amide bonds. The van der Waals surface area contributed by atoms with Crippen LogP contribution < -0.4 is 4.74 Å². The maximum Gasteiger partial charge on any atom is 0.197 e. The van der Waals surface area contributed by atoms with Crippen LogP contribution in [-0.2, 0) is 9.84 Å². The monoisotopic (exact) mass is 307 g/mol. The van der Waals surface area contributed by atoms with Crippen LogP contribution in [0.15, 0.2) is 29.2 Å². The number of sulfone groups is 1. The van der Waals surface area contributed by atoms with Gasteiger partial charge < -0.3 is 4.74 Å². The molecule has 0 heterocycles. The van der Waals surface area contributed by atoms with Crippen molar-refractivity contribution >= 4 is 9.84 Å². The fourth-order valence-corrected chi connectivity index (χ4v) is 5.33. The van der Waals surface area contributed by atoms with Crippen molar-refractivity contribution in [3.8, 4) is 11.8 Å². The molecule has 1 aromatic carbocycles. The number of ether oxygens (including phenoxy) is 1. The zero-order chi connectivity index (χ0) is 15.7. The second-order valence-electron chi connectivity index (χ2n) is 5.85. The van der Waals surface area contributed by atoms with Crippen LogP contribution in [0.25, 0.3) is 0 Å². The van der Waals surface area contributed by atoms with Crippen LogP contribution in [0.2, 0.25) is 0 Å². The van der Waals surface area contributed by atoms with Gasteiger partial charge in [-0.25, -0.2) is 8.42 Å². The Morgan fingerprint density at radius 3 is 2.38 bits per heavy atom. The molecule has 0 saturated heterocycles. The summed E-state index contributed by atoms with van der Waals surface area (Å²) >= 11 is 0. The van der Waals surface area contributed by atoms with E-state index >= 15 is 0 Å².